The molecular weight excluding hydrogens is 196 g/mol. The van der Waals surface area contributed by atoms with Crippen molar-refractivity contribution in [3.63, 3.8) is 0 Å². The number of hydrogen-bond donors (Lipinski definition) is 1. The number of allylic oxidation sites excluding steroid dienone is 1. The molecule has 0 unspecified atom stereocenters. The van der Waals surface area contributed by atoms with Crippen molar-refractivity contribution in [3.8, 4) is 0 Å². The normalized spacial score (nSPS) is 54.6. The third-order valence-electron chi connectivity index (χ3n) is 5.93. The number of fused-ring (bicyclic) bond motifs is 1. The Kier molecular flexibility index (Phi) is 2.12. The van der Waals surface area contributed by atoms with Gasteiger partial charge in [0.15, 0.2) is 0 Å². The van der Waals surface area contributed by atoms with Gasteiger partial charge in [-0.15, -0.1) is 0 Å². The van der Waals surface area contributed by atoms with Crippen LogP contribution in [0.2, 0.25) is 0 Å². The molecule has 16 heavy (non-hydrogen) atoms. The average Bonchev–Trinajstić information content (AvgIpc) is 2.15. The quantitative estimate of drug-likeness (QED) is 0.673. The minimum Gasteiger partial charge on any atom is -0.389 e. The van der Waals surface area contributed by atoms with Gasteiger partial charge < -0.3 is 5.11 Å². The molecule has 0 heterocycles. The minimum absolute atomic E-state index is 0.165. The smallest absolute Gasteiger partial charge is 0.0760 e. The van der Waals surface area contributed by atoms with E-state index in [1.54, 1.807) is 0 Å². The second kappa shape index (κ2) is 3.13. The summed E-state index contributed by atoms with van der Waals surface area (Å²) in [6, 6.07) is 0. The van der Waals surface area contributed by atoms with Crippen molar-refractivity contribution in [2.24, 2.45) is 35.0 Å². The van der Waals surface area contributed by atoms with E-state index in [9.17, 15) is 5.11 Å². The van der Waals surface area contributed by atoms with Crippen LogP contribution in [0.3, 0.4) is 0 Å². The Morgan fingerprint density at radius 2 is 2.12 bits per heavy atom. The Hall–Kier alpha value is -0.300. The van der Waals surface area contributed by atoms with Gasteiger partial charge in [-0.05, 0) is 54.8 Å². The van der Waals surface area contributed by atoms with Crippen LogP contribution in [0.4, 0.5) is 0 Å². The molecule has 0 spiro atoms. The molecule has 4 rings (SSSR count). The number of aliphatic hydroxyl groups excluding tert-OH is 1. The van der Waals surface area contributed by atoms with E-state index >= 15 is 0 Å². The zero-order valence-electron chi connectivity index (χ0n) is 10.9. The predicted molar refractivity (Wildman–Crippen MR) is 65.9 cm³/mol. The summed E-state index contributed by atoms with van der Waals surface area (Å²) in [5.74, 6) is 3.73. The molecule has 6 atom stereocenters. The number of hydrogen-bond acceptors (Lipinski definition) is 1. The first-order chi connectivity index (χ1) is 7.47. The van der Waals surface area contributed by atoms with E-state index in [2.05, 4.69) is 33.8 Å². The molecule has 4 aliphatic rings. The number of rotatable bonds is 1. The van der Waals surface area contributed by atoms with Crippen LogP contribution in [0.5, 0.6) is 0 Å². The zero-order chi connectivity index (χ0) is 11.7. The van der Waals surface area contributed by atoms with Gasteiger partial charge in [-0.3, -0.25) is 0 Å². The second-order valence-electron chi connectivity index (χ2n) is 6.93. The molecule has 4 bridgehead atoms. The van der Waals surface area contributed by atoms with Crippen molar-refractivity contribution in [1.29, 1.82) is 0 Å². The van der Waals surface area contributed by atoms with Gasteiger partial charge in [0.1, 0.15) is 0 Å². The first-order valence-corrected chi connectivity index (χ1v) is 6.83. The zero-order valence-corrected chi connectivity index (χ0v) is 10.9. The Balaban J connectivity index is 1.99. The molecule has 0 aromatic carbocycles. The van der Waals surface area contributed by atoms with Crippen molar-refractivity contribution in [3.05, 3.63) is 11.6 Å². The van der Waals surface area contributed by atoms with Crippen LogP contribution in [0.1, 0.15) is 40.5 Å². The maximum Gasteiger partial charge on any atom is 0.0760 e. The summed E-state index contributed by atoms with van der Waals surface area (Å²) in [6.07, 6.45) is 4.66. The molecule has 1 N–H and O–H groups in total. The summed E-state index contributed by atoms with van der Waals surface area (Å²) in [5, 5.41) is 10.3. The molecule has 0 amide bonds. The van der Waals surface area contributed by atoms with Gasteiger partial charge in [0.25, 0.3) is 0 Å². The molecule has 0 saturated heterocycles. The summed E-state index contributed by atoms with van der Waals surface area (Å²) in [7, 11) is 0. The standard InChI is InChI=1S/C15H24O/c1-8(2)10-5-6-15(4)13-9(3)7-11(16)14(15)12(10)13/h7-8,10-14,16H,5-6H2,1-4H3/t10-,11-,12+,13-,14+,15-/m0/s1. The minimum atomic E-state index is -0.165. The van der Waals surface area contributed by atoms with Crippen LogP contribution in [-0.2, 0) is 0 Å². The third-order valence-corrected chi connectivity index (χ3v) is 5.93. The highest BCUT2D eigenvalue weighted by Gasteiger charge is 2.67. The van der Waals surface area contributed by atoms with Crippen molar-refractivity contribution in [1.82, 2.24) is 0 Å². The van der Waals surface area contributed by atoms with Gasteiger partial charge in [-0.2, -0.15) is 0 Å². The molecule has 0 radical (unpaired) electrons. The van der Waals surface area contributed by atoms with E-state index in [0.29, 0.717) is 11.3 Å². The Morgan fingerprint density at radius 1 is 1.44 bits per heavy atom. The van der Waals surface area contributed by atoms with Crippen LogP contribution in [0.25, 0.3) is 0 Å². The summed E-state index contributed by atoms with van der Waals surface area (Å²) < 4.78 is 0. The maximum atomic E-state index is 10.3. The lowest BCUT2D eigenvalue weighted by Crippen LogP contribution is -2.67. The average molecular weight is 220 g/mol. The van der Waals surface area contributed by atoms with Gasteiger partial charge in [0.05, 0.1) is 6.10 Å². The Labute approximate surface area is 98.9 Å². The van der Waals surface area contributed by atoms with Gasteiger partial charge >= 0.3 is 0 Å². The Bertz CT molecular complexity index is 343. The summed E-state index contributed by atoms with van der Waals surface area (Å²) in [6.45, 7) is 9.35. The summed E-state index contributed by atoms with van der Waals surface area (Å²) in [4.78, 5) is 0. The molecule has 1 heteroatoms. The highest BCUT2D eigenvalue weighted by molar-refractivity contribution is 5.31. The molecule has 2 saturated carbocycles. The van der Waals surface area contributed by atoms with Crippen LogP contribution in [0, 0.1) is 35.0 Å². The van der Waals surface area contributed by atoms with Gasteiger partial charge in [0, 0.05) is 0 Å². The molecule has 4 aliphatic carbocycles. The van der Waals surface area contributed by atoms with Crippen molar-refractivity contribution >= 4 is 0 Å². The van der Waals surface area contributed by atoms with Crippen LogP contribution >= 0.6 is 0 Å². The molecule has 0 aromatic heterocycles. The fourth-order valence-electron chi connectivity index (χ4n) is 5.38. The van der Waals surface area contributed by atoms with Crippen molar-refractivity contribution in [2.75, 3.05) is 0 Å². The first-order valence-electron chi connectivity index (χ1n) is 6.83. The monoisotopic (exact) mass is 220 g/mol. The molecular formula is C15H24O. The van der Waals surface area contributed by atoms with Crippen molar-refractivity contribution in [2.45, 2.75) is 46.6 Å². The van der Waals surface area contributed by atoms with Crippen LogP contribution in [0.15, 0.2) is 11.6 Å². The first kappa shape index (κ1) is 10.8. The SMILES string of the molecule is CC1=C[C@H](O)[C@@H]2[C@@H]3[C@H](C(C)C)CC[C@@]2(C)[C@@H]13. The Morgan fingerprint density at radius 3 is 2.69 bits per heavy atom. The molecule has 0 aromatic rings. The topological polar surface area (TPSA) is 20.2 Å². The van der Waals surface area contributed by atoms with Crippen molar-refractivity contribution < 1.29 is 5.11 Å². The maximum absolute atomic E-state index is 10.3. The van der Waals surface area contributed by atoms with E-state index in [4.69, 9.17) is 0 Å². The summed E-state index contributed by atoms with van der Waals surface area (Å²) >= 11 is 0. The van der Waals surface area contributed by atoms with Gasteiger partial charge in [0.2, 0.25) is 0 Å². The van der Waals surface area contributed by atoms with E-state index in [1.165, 1.54) is 18.4 Å². The summed E-state index contributed by atoms with van der Waals surface area (Å²) in [5.41, 5.74) is 1.89. The molecule has 1 nitrogen and oxygen atoms in total. The van der Waals surface area contributed by atoms with Gasteiger partial charge in [-0.1, -0.05) is 32.4 Å². The van der Waals surface area contributed by atoms with E-state index in [0.717, 1.165) is 23.7 Å². The van der Waals surface area contributed by atoms with Gasteiger partial charge in [-0.25, -0.2) is 0 Å². The molecule has 90 valence electrons. The highest BCUT2D eigenvalue weighted by Crippen LogP contribution is 2.71. The second-order valence-corrected chi connectivity index (χ2v) is 6.93. The molecule has 0 aliphatic heterocycles. The fourth-order valence-corrected chi connectivity index (χ4v) is 5.38. The lowest BCUT2D eigenvalue weighted by Gasteiger charge is -2.71. The largest absolute Gasteiger partial charge is 0.389 e. The molecule has 2 fully saturated rings. The van der Waals surface area contributed by atoms with E-state index in [1.807, 2.05) is 0 Å². The highest BCUT2D eigenvalue weighted by atomic mass is 16.3. The van der Waals surface area contributed by atoms with Crippen LogP contribution in [-0.4, -0.2) is 11.2 Å². The van der Waals surface area contributed by atoms with E-state index in [-0.39, 0.29) is 6.10 Å². The van der Waals surface area contributed by atoms with E-state index < -0.39 is 0 Å². The lowest BCUT2D eigenvalue weighted by atomic mass is 9.34. The van der Waals surface area contributed by atoms with Crippen LogP contribution < -0.4 is 0 Å². The lowest BCUT2D eigenvalue weighted by molar-refractivity contribution is -0.215. The fraction of sp³-hybridized carbons (Fsp3) is 0.867. The third kappa shape index (κ3) is 1.06. The number of aliphatic hydroxyl groups is 1. The predicted octanol–water partition coefficient (Wildman–Crippen LogP) is 3.24.